The minimum atomic E-state index is 0.806. The van der Waals surface area contributed by atoms with Crippen LogP contribution in [0.25, 0.3) is 110 Å². The summed E-state index contributed by atoms with van der Waals surface area (Å²) in [7, 11) is 0. The zero-order valence-electron chi connectivity index (χ0n) is 31.4. The standard InChI is InChI=1S/C54H34N4/c1-4-16-35(17-5-1)43-33-47-48(34-44(43)39-28-29-51-45(31-39)41-24-12-14-26-49(41)57(51)40-22-8-3-9-23-40)56-54(53(55-47)36-18-6-2-7-19-36)58-50-27-15-13-25-42(50)46-30-37-20-10-11-21-38(37)32-52(46)58/h1-34H. The molecule has 4 heteroatoms. The molecule has 0 aliphatic heterocycles. The lowest BCUT2D eigenvalue weighted by molar-refractivity contribution is 1.08. The molecule has 58 heavy (non-hydrogen) atoms. The van der Waals surface area contributed by atoms with Gasteiger partial charge in [-0.1, -0.05) is 146 Å². The molecule has 270 valence electrons. The quantitative estimate of drug-likeness (QED) is 0.176. The molecule has 0 radical (unpaired) electrons. The normalized spacial score (nSPS) is 11.8. The maximum absolute atomic E-state index is 5.65. The largest absolute Gasteiger partial charge is 0.309 e. The van der Waals surface area contributed by atoms with Crippen LogP contribution in [0.3, 0.4) is 0 Å². The van der Waals surface area contributed by atoms with Crippen molar-refractivity contribution in [3.05, 3.63) is 206 Å². The average molecular weight is 739 g/mol. The molecule has 3 heterocycles. The van der Waals surface area contributed by atoms with Crippen molar-refractivity contribution in [3.63, 3.8) is 0 Å². The first-order chi connectivity index (χ1) is 28.8. The summed E-state index contributed by atoms with van der Waals surface area (Å²) in [5.41, 5.74) is 13.7. The average Bonchev–Trinajstić information content (AvgIpc) is 3.80. The molecule has 0 fully saturated rings. The van der Waals surface area contributed by atoms with Crippen molar-refractivity contribution < 1.29 is 0 Å². The fourth-order valence-electron chi connectivity index (χ4n) is 9.01. The van der Waals surface area contributed by atoms with Crippen LogP contribution in [0.15, 0.2) is 206 Å². The van der Waals surface area contributed by atoms with Crippen molar-refractivity contribution in [2.75, 3.05) is 0 Å². The van der Waals surface area contributed by atoms with Gasteiger partial charge in [-0.2, -0.15) is 0 Å². The third kappa shape index (κ3) is 5.02. The van der Waals surface area contributed by atoms with Gasteiger partial charge in [0.1, 0.15) is 5.69 Å². The molecule has 12 rings (SSSR count). The van der Waals surface area contributed by atoms with Gasteiger partial charge in [-0.15, -0.1) is 0 Å². The number of hydrogen-bond donors (Lipinski definition) is 0. The van der Waals surface area contributed by atoms with Gasteiger partial charge in [0.15, 0.2) is 5.82 Å². The van der Waals surface area contributed by atoms with E-state index in [4.69, 9.17) is 9.97 Å². The van der Waals surface area contributed by atoms with Crippen LogP contribution in [0.2, 0.25) is 0 Å². The Morgan fingerprint density at radius 3 is 1.53 bits per heavy atom. The molecular formula is C54H34N4. The first kappa shape index (κ1) is 32.4. The number of aromatic nitrogens is 4. The van der Waals surface area contributed by atoms with Crippen LogP contribution in [-0.2, 0) is 0 Å². The Balaban J connectivity index is 1.16. The molecule has 0 N–H and O–H groups in total. The predicted molar refractivity (Wildman–Crippen MR) is 242 cm³/mol. The van der Waals surface area contributed by atoms with Crippen molar-refractivity contribution in [2.24, 2.45) is 0 Å². The summed E-state index contributed by atoms with van der Waals surface area (Å²) in [6.07, 6.45) is 0. The number of benzene rings is 9. The summed E-state index contributed by atoms with van der Waals surface area (Å²) < 4.78 is 4.69. The minimum absolute atomic E-state index is 0.806. The molecule has 3 aromatic heterocycles. The van der Waals surface area contributed by atoms with Gasteiger partial charge in [0, 0.05) is 32.8 Å². The van der Waals surface area contributed by atoms with Crippen LogP contribution in [0.4, 0.5) is 0 Å². The van der Waals surface area contributed by atoms with Gasteiger partial charge in [0.2, 0.25) is 0 Å². The monoisotopic (exact) mass is 738 g/mol. The molecule has 0 unspecified atom stereocenters. The third-order valence-corrected chi connectivity index (χ3v) is 11.7. The maximum atomic E-state index is 5.65. The van der Waals surface area contributed by atoms with E-state index in [9.17, 15) is 0 Å². The zero-order chi connectivity index (χ0) is 38.2. The molecule has 0 bridgehead atoms. The lowest BCUT2D eigenvalue weighted by Crippen LogP contribution is -2.04. The van der Waals surface area contributed by atoms with Gasteiger partial charge in [-0.05, 0) is 93.7 Å². The second-order valence-electron chi connectivity index (χ2n) is 15.0. The van der Waals surface area contributed by atoms with Crippen molar-refractivity contribution >= 4 is 65.4 Å². The number of hydrogen-bond acceptors (Lipinski definition) is 2. The van der Waals surface area contributed by atoms with Crippen molar-refractivity contribution in [2.45, 2.75) is 0 Å². The summed E-state index contributed by atoms with van der Waals surface area (Å²) >= 11 is 0. The molecule has 0 aliphatic rings. The van der Waals surface area contributed by atoms with Crippen LogP contribution in [0, 0.1) is 0 Å². The number of para-hydroxylation sites is 3. The molecule has 0 saturated heterocycles. The second kappa shape index (κ2) is 12.9. The smallest absolute Gasteiger partial charge is 0.165 e. The molecule has 12 aromatic rings. The van der Waals surface area contributed by atoms with Crippen molar-refractivity contribution in [1.29, 1.82) is 0 Å². The van der Waals surface area contributed by atoms with E-state index >= 15 is 0 Å². The van der Waals surface area contributed by atoms with Gasteiger partial charge in [0.05, 0.1) is 33.1 Å². The van der Waals surface area contributed by atoms with Crippen LogP contribution in [-0.4, -0.2) is 19.1 Å². The molecule has 0 spiro atoms. The van der Waals surface area contributed by atoms with Crippen LogP contribution < -0.4 is 0 Å². The predicted octanol–water partition coefficient (Wildman–Crippen LogP) is 14.0. The highest BCUT2D eigenvalue weighted by Gasteiger charge is 2.22. The van der Waals surface area contributed by atoms with E-state index in [0.717, 1.165) is 67.1 Å². The van der Waals surface area contributed by atoms with E-state index in [2.05, 4.69) is 215 Å². The van der Waals surface area contributed by atoms with Crippen molar-refractivity contribution in [1.82, 2.24) is 19.1 Å². The first-order valence-corrected chi connectivity index (χ1v) is 19.7. The molecular weight excluding hydrogens is 705 g/mol. The highest BCUT2D eigenvalue weighted by molar-refractivity contribution is 6.14. The minimum Gasteiger partial charge on any atom is -0.309 e. The zero-order valence-corrected chi connectivity index (χ0v) is 31.4. The van der Waals surface area contributed by atoms with E-state index in [0.29, 0.717) is 0 Å². The van der Waals surface area contributed by atoms with Crippen LogP contribution >= 0.6 is 0 Å². The molecule has 0 atom stereocenters. The highest BCUT2D eigenvalue weighted by Crippen LogP contribution is 2.42. The third-order valence-electron chi connectivity index (χ3n) is 11.7. The Morgan fingerprint density at radius 2 is 0.828 bits per heavy atom. The Hall–Kier alpha value is -7.82. The van der Waals surface area contributed by atoms with Gasteiger partial charge < -0.3 is 4.57 Å². The SMILES string of the molecule is c1ccc(-c2cc3nc(-c4ccccc4)c(-n4c5ccccc5c5cc6ccccc6cc54)nc3cc2-c2ccc3c(c2)c2ccccc2n3-c2ccccc2)cc1. The number of nitrogens with zero attached hydrogens (tertiary/aromatic N) is 4. The van der Waals surface area contributed by atoms with Gasteiger partial charge >= 0.3 is 0 Å². The van der Waals surface area contributed by atoms with E-state index < -0.39 is 0 Å². The van der Waals surface area contributed by atoms with E-state index in [1.807, 2.05) is 0 Å². The maximum Gasteiger partial charge on any atom is 0.165 e. The number of rotatable bonds is 5. The summed E-state index contributed by atoms with van der Waals surface area (Å²) in [5, 5.41) is 7.21. The molecule has 9 aromatic carbocycles. The Morgan fingerprint density at radius 1 is 0.310 bits per heavy atom. The fraction of sp³-hybridized carbons (Fsp3) is 0. The molecule has 0 amide bonds. The summed E-state index contributed by atoms with van der Waals surface area (Å²) in [6.45, 7) is 0. The van der Waals surface area contributed by atoms with Gasteiger partial charge in [-0.3, -0.25) is 4.57 Å². The Labute approximate surface area is 334 Å². The second-order valence-corrected chi connectivity index (χ2v) is 15.0. The van der Waals surface area contributed by atoms with Crippen LogP contribution in [0.5, 0.6) is 0 Å². The van der Waals surface area contributed by atoms with Gasteiger partial charge in [0.25, 0.3) is 0 Å². The van der Waals surface area contributed by atoms with Gasteiger partial charge in [-0.25, -0.2) is 9.97 Å². The summed E-state index contributed by atoms with van der Waals surface area (Å²) in [6, 6.07) is 73.7. The van der Waals surface area contributed by atoms with E-state index in [1.165, 1.54) is 43.4 Å². The Bertz CT molecular complexity index is 3550. The van der Waals surface area contributed by atoms with Crippen LogP contribution in [0.1, 0.15) is 0 Å². The van der Waals surface area contributed by atoms with E-state index in [1.54, 1.807) is 0 Å². The first-order valence-electron chi connectivity index (χ1n) is 19.7. The lowest BCUT2D eigenvalue weighted by Gasteiger charge is -2.17. The molecule has 0 saturated carbocycles. The molecule has 0 aliphatic carbocycles. The fourth-order valence-corrected chi connectivity index (χ4v) is 9.01. The summed E-state index contributed by atoms with van der Waals surface area (Å²) in [4.78, 5) is 11.2. The van der Waals surface area contributed by atoms with Crippen molar-refractivity contribution in [3.8, 4) is 45.0 Å². The Kier molecular flexibility index (Phi) is 7.20. The molecule has 4 nitrogen and oxygen atoms in total. The lowest BCUT2D eigenvalue weighted by atomic mass is 9.92. The highest BCUT2D eigenvalue weighted by atomic mass is 15.1. The van der Waals surface area contributed by atoms with E-state index in [-0.39, 0.29) is 0 Å². The number of fused-ring (bicyclic) bond motifs is 8. The summed E-state index contributed by atoms with van der Waals surface area (Å²) in [5.74, 6) is 0.806. The topological polar surface area (TPSA) is 35.6 Å².